The summed E-state index contributed by atoms with van der Waals surface area (Å²) in [5.41, 5.74) is 5.12. The lowest BCUT2D eigenvalue weighted by atomic mass is 10.3. The number of hydrogen-bond donors (Lipinski definition) is 5. The van der Waals surface area contributed by atoms with Crippen molar-refractivity contribution >= 4 is 23.8 Å². The van der Waals surface area contributed by atoms with Gasteiger partial charge in [0, 0.05) is 0 Å². The van der Waals surface area contributed by atoms with E-state index in [4.69, 9.17) is 21.1 Å². The number of rotatable bonds is 6. The maximum absolute atomic E-state index is 10.6. The molecule has 10 heteroatoms. The fourth-order valence-corrected chi connectivity index (χ4v) is 0.728. The summed E-state index contributed by atoms with van der Waals surface area (Å²) >= 11 is 0. The van der Waals surface area contributed by atoms with E-state index in [9.17, 15) is 19.2 Å². The lowest BCUT2D eigenvalue weighted by Crippen LogP contribution is -2.42. The summed E-state index contributed by atoms with van der Waals surface area (Å²) in [5, 5.41) is 27.3. The van der Waals surface area contributed by atoms with Gasteiger partial charge in [-0.1, -0.05) is 0 Å². The summed E-state index contributed by atoms with van der Waals surface area (Å²) in [5.74, 6) is -3.70. The van der Waals surface area contributed by atoms with Gasteiger partial charge in [-0.3, -0.25) is 14.4 Å². The Morgan fingerprint density at radius 1 is 1.00 bits per heavy atom. The number of nitrogens with two attached hydrogens (primary N) is 1. The highest BCUT2D eigenvalue weighted by Crippen LogP contribution is 1.93. The van der Waals surface area contributed by atoms with Crippen molar-refractivity contribution in [1.29, 1.82) is 0 Å². The maximum Gasteiger partial charge on any atom is 0.344 e. The summed E-state index contributed by atoms with van der Waals surface area (Å²) in [4.78, 5) is 41.6. The first-order valence-corrected chi connectivity index (χ1v) is 6.30. The largest absolute Gasteiger partial charge is 0.480 e. The summed E-state index contributed by atoms with van der Waals surface area (Å²) in [7, 11) is 0. The monoisotopic (exact) mass is 322 g/mol. The second kappa shape index (κ2) is 10.5. The van der Waals surface area contributed by atoms with Gasteiger partial charge in [-0.05, 0) is 27.7 Å². The van der Waals surface area contributed by atoms with Gasteiger partial charge in [0.05, 0.1) is 0 Å². The van der Waals surface area contributed by atoms with Crippen LogP contribution in [0.15, 0.2) is 0 Å². The number of ether oxygens (including phenoxy) is 1. The van der Waals surface area contributed by atoms with Crippen molar-refractivity contribution in [3.05, 3.63) is 0 Å². The number of aliphatic hydroxyl groups is 1. The number of aliphatic carboxylic acids is 2. The minimum absolute atomic E-state index is 0.681. The average molecular weight is 322 g/mol. The van der Waals surface area contributed by atoms with Crippen molar-refractivity contribution in [1.82, 2.24) is 5.32 Å². The molecule has 0 aliphatic carbocycles. The van der Waals surface area contributed by atoms with E-state index in [0.717, 1.165) is 0 Å². The van der Waals surface area contributed by atoms with Crippen molar-refractivity contribution in [2.45, 2.75) is 52.0 Å². The fraction of sp³-hybridized carbons (Fsp3) is 0.667. The molecule has 6 N–H and O–H groups in total. The Labute approximate surface area is 127 Å². The number of carbonyl (C=O) groups is 4. The lowest BCUT2D eigenvalue weighted by molar-refractivity contribution is -0.163. The second-order valence-corrected chi connectivity index (χ2v) is 4.45. The highest BCUT2D eigenvalue weighted by atomic mass is 16.6. The molecule has 0 rings (SSSR count). The molecule has 0 aromatic rings. The van der Waals surface area contributed by atoms with Crippen LogP contribution in [0.3, 0.4) is 0 Å². The molecule has 0 spiro atoms. The van der Waals surface area contributed by atoms with E-state index in [2.05, 4.69) is 10.1 Å². The summed E-state index contributed by atoms with van der Waals surface area (Å²) in [6.07, 6.45) is -2.30. The van der Waals surface area contributed by atoms with Crippen molar-refractivity contribution < 1.29 is 39.2 Å². The minimum Gasteiger partial charge on any atom is -0.480 e. The molecule has 0 fully saturated rings. The number of amides is 1. The molecule has 4 unspecified atom stereocenters. The molecule has 0 aliphatic heterocycles. The quantitative estimate of drug-likeness (QED) is 0.357. The first kappa shape index (κ1) is 22.1. The Hall–Kier alpha value is -2.20. The molecule has 0 heterocycles. The van der Waals surface area contributed by atoms with E-state index in [-0.39, 0.29) is 0 Å². The molecule has 22 heavy (non-hydrogen) atoms. The molecule has 1 amide bonds. The molecule has 0 saturated carbocycles. The molecular formula is C12H22N2O8. The highest BCUT2D eigenvalue weighted by Gasteiger charge is 2.18. The summed E-state index contributed by atoms with van der Waals surface area (Å²) < 4.78 is 4.41. The van der Waals surface area contributed by atoms with Gasteiger partial charge in [0.2, 0.25) is 5.91 Å². The minimum atomic E-state index is -1.18. The summed E-state index contributed by atoms with van der Waals surface area (Å²) in [6.45, 7) is 5.28. The first-order valence-electron chi connectivity index (χ1n) is 6.30. The number of aliphatic hydroxyl groups excluding tert-OH is 1. The SMILES string of the molecule is CC(N)C(=O)OC(C)C(=O)O.CC(O)C(=O)NC(C)C(=O)O. The van der Waals surface area contributed by atoms with Gasteiger partial charge in [0.25, 0.3) is 0 Å². The zero-order valence-electron chi connectivity index (χ0n) is 12.8. The molecule has 4 atom stereocenters. The van der Waals surface area contributed by atoms with Crippen LogP contribution in [0.4, 0.5) is 0 Å². The van der Waals surface area contributed by atoms with E-state index in [0.29, 0.717) is 0 Å². The van der Waals surface area contributed by atoms with Crippen molar-refractivity contribution in [2.24, 2.45) is 5.73 Å². The zero-order valence-corrected chi connectivity index (χ0v) is 12.8. The number of nitrogens with one attached hydrogen (secondary N) is 1. The third kappa shape index (κ3) is 10.6. The van der Waals surface area contributed by atoms with Crippen LogP contribution in [0.2, 0.25) is 0 Å². The molecule has 0 bridgehead atoms. The van der Waals surface area contributed by atoms with E-state index in [1.807, 2.05) is 0 Å². The Morgan fingerprint density at radius 3 is 1.73 bits per heavy atom. The Kier molecular flexibility index (Phi) is 10.6. The first-order chi connectivity index (χ1) is 9.89. The van der Waals surface area contributed by atoms with Crippen LogP contribution in [-0.2, 0) is 23.9 Å². The van der Waals surface area contributed by atoms with Gasteiger partial charge in [-0.15, -0.1) is 0 Å². The summed E-state index contributed by atoms with van der Waals surface area (Å²) in [6, 6.07) is -1.74. The predicted molar refractivity (Wildman–Crippen MR) is 73.8 cm³/mol. The van der Waals surface area contributed by atoms with Gasteiger partial charge < -0.3 is 31.1 Å². The van der Waals surface area contributed by atoms with Gasteiger partial charge in [0.15, 0.2) is 6.10 Å². The molecule has 0 radical (unpaired) electrons. The van der Waals surface area contributed by atoms with Crippen molar-refractivity contribution in [3.63, 3.8) is 0 Å². The van der Waals surface area contributed by atoms with Crippen LogP contribution in [-0.4, -0.2) is 63.4 Å². The zero-order chi connectivity index (χ0) is 18.0. The number of carboxylic acid groups (broad SMARTS) is 2. The van der Waals surface area contributed by atoms with Gasteiger partial charge >= 0.3 is 17.9 Å². The van der Waals surface area contributed by atoms with Gasteiger partial charge in [-0.25, -0.2) is 4.79 Å². The Balaban J connectivity index is 0. The fourth-order valence-electron chi connectivity index (χ4n) is 0.728. The maximum atomic E-state index is 10.6. The standard InChI is InChI=1S/2C6H11NO4/c1-3(7)6(10)11-4(2)5(8)9;1-3(6(10)11)7-5(9)4(2)8/h3-4H,7H2,1-2H3,(H,8,9);3-4,8H,1-2H3,(H,7,9)(H,10,11). The van der Waals surface area contributed by atoms with Crippen LogP contribution in [0.1, 0.15) is 27.7 Å². The predicted octanol–water partition coefficient (Wildman–Crippen LogP) is -1.69. The Morgan fingerprint density at radius 2 is 1.45 bits per heavy atom. The van der Waals surface area contributed by atoms with Crippen molar-refractivity contribution in [3.8, 4) is 0 Å². The topological polar surface area (TPSA) is 176 Å². The molecule has 0 aromatic heterocycles. The Bertz CT molecular complexity index is 370. The van der Waals surface area contributed by atoms with Crippen LogP contribution >= 0.6 is 0 Å². The van der Waals surface area contributed by atoms with E-state index >= 15 is 0 Å². The van der Waals surface area contributed by atoms with E-state index < -0.39 is 48.1 Å². The van der Waals surface area contributed by atoms with Crippen LogP contribution in [0, 0.1) is 0 Å². The third-order valence-corrected chi connectivity index (χ3v) is 2.12. The normalized spacial score (nSPS) is 15.2. The number of carboxylic acids is 2. The third-order valence-electron chi connectivity index (χ3n) is 2.12. The van der Waals surface area contributed by atoms with Crippen LogP contribution in [0.5, 0.6) is 0 Å². The van der Waals surface area contributed by atoms with E-state index in [1.165, 1.54) is 27.7 Å². The van der Waals surface area contributed by atoms with Crippen LogP contribution in [0.25, 0.3) is 0 Å². The van der Waals surface area contributed by atoms with Crippen molar-refractivity contribution in [2.75, 3.05) is 0 Å². The molecular weight excluding hydrogens is 300 g/mol. The van der Waals surface area contributed by atoms with Gasteiger partial charge in [-0.2, -0.15) is 0 Å². The van der Waals surface area contributed by atoms with E-state index in [1.54, 1.807) is 0 Å². The number of carbonyl (C=O) groups excluding carboxylic acids is 2. The van der Waals surface area contributed by atoms with Gasteiger partial charge in [0.1, 0.15) is 18.2 Å². The smallest absolute Gasteiger partial charge is 0.344 e. The molecule has 0 aliphatic rings. The highest BCUT2D eigenvalue weighted by molar-refractivity contribution is 5.85. The molecule has 0 saturated heterocycles. The average Bonchev–Trinajstić information content (AvgIpc) is 2.38. The number of hydrogen-bond acceptors (Lipinski definition) is 7. The molecule has 0 aromatic carbocycles. The van der Waals surface area contributed by atoms with Crippen LogP contribution < -0.4 is 11.1 Å². The number of esters is 1. The molecule has 128 valence electrons. The lowest BCUT2D eigenvalue weighted by Gasteiger charge is -2.09. The second-order valence-electron chi connectivity index (χ2n) is 4.45. The molecule has 10 nitrogen and oxygen atoms in total.